The third-order valence-electron chi connectivity index (χ3n) is 3.74. The van der Waals surface area contributed by atoms with E-state index in [2.05, 4.69) is 15.4 Å². The molecule has 0 saturated carbocycles. The van der Waals surface area contributed by atoms with Gasteiger partial charge in [-0.3, -0.25) is 4.79 Å². The molecule has 2 rings (SSSR count). The number of amides is 1. The maximum Gasteiger partial charge on any atom is 0.337 e. The van der Waals surface area contributed by atoms with E-state index in [9.17, 15) is 9.59 Å². The smallest absolute Gasteiger partial charge is 0.337 e. The number of halogens is 1. The van der Waals surface area contributed by atoms with Gasteiger partial charge in [-0.1, -0.05) is 11.6 Å². The van der Waals surface area contributed by atoms with Crippen molar-refractivity contribution in [2.45, 2.75) is 6.42 Å². The Morgan fingerprint density at radius 2 is 1.78 bits per heavy atom. The maximum absolute atomic E-state index is 12.2. The molecular weight excluding hydrogens is 372 g/mol. The molecule has 0 fully saturated rings. The van der Waals surface area contributed by atoms with E-state index in [0.717, 1.165) is 0 Å². The minimum atomic E-state index is -0.461. The van der Waals surface area contributed by atoms with Gasteiger partial charge in [-0.2, -0.15) is 0 Å². The first-order valence-corrected chi connectivity index (χ1v) is 8.50. The Morgan fingerprint density at radius 1 is 1.00 bits per heavy atom. The number of anilines is 2. The average molecular weight is 393 g/mol. The number of ether oxygens (including phenoxy) is 3. The van der Waals surface area contributed by atoms with E-state index >= 15 is 0 Å². The second-order valence-electron chi connectivity index (χ2n) is 5.48. The van der Waals surface area contributed by atoms with Crippen LogP contribution in [0.1, 0.15) is 16.8 Å². The van der Waals surface area contributed by atoms with E-state index in [1.807, 2.05) is 0 Å². The molecule has 2 aromatic rings. The quantitative estimate of drug-likeness (QED) is 0.668. The molecule has 0 unspecified atom stereocenters. The summed E-state index contributed by atoms with van der Waals surface area (Å²) in [6.07, 6.45) is 0.180. The molecule has 0 radical (unpaired) electrons. The van der Waals surface area contributed by atoms with Crippen LogP contribution in [-0.4, -0.2) is 39.8 Å². The fraction of sp³-hybridized carbons (Fsp3) is 0.263. The van der Waals surface area contributed by atoms with Gasteiger partial charge >= 0.3 is 5.97 Å². The van der Waals surface area contributed by atoms with Crippen LogP contribution in [0.5, 0.6) is 11.5 Å². The second-order valence-corrected chi connectivity index (χ2v) is 5.88. The highest BCUT2D eigenvalue weighted by molar-refractivity contribution is 6.33. The van der Waals surface area contributed by atoms with E-state index in [1.165, 1.54) is 14.2 Å². The molecule has 0 bridgehead atoms. The fourth-order valence-electron chi connectivity index (χ4n) is 2.34. The standard InChI is InChI=1S/C19H21ClN2O5/c1-25-13-5-7-17(26-2)16(11-13)22-18(23)8-9-21-15-10-12(19(24)27-3)4-6-14(15)20/h4-7,10-11,21H,8-9H2,1-3H3,(H,22,23). The molecule has 0 aliphatic heterocycles. The van der Waals surface area contributed by atoms with Crippen molar-refractivity contribution in [3.8, 4) is 11.5 Å². The van der Waals surface area contributed by atoms with E-state index < -0.39 is 5.97 Å². The third kappa shape index (κ3) is 5.52. The molecule has 0 saturated heterocycles. The van der Waals surface area contributed by atoms with Crippen molar-refractivity contribution in [2.75, 3.05) is 38.5 Å². The van der Waals surface area contributed by atoms with Gasteiger partial charge in [0.1, 0.15) is 11.5 Å². The van der Waals surface area contributed by atoms with E-state index in [-0.39, 0.29) is 12.3 Å². The summed E-state index contributed by atoms with van der Waals surface area (Å²) in [7, 11) is 4.38. The molecule has 7 nitrogen and oxygen atoms in total. The van der Waals surface area contributed by atoms with Gasteiger partial charge in [0.2, 0.25) is 5.91 Å². The number of rotatable bonds is 8. The van der Waals surface area contributed by atoms with Crippen molar-refractivity contribution in [3.05, 3.63) is 47.0 Å². The predicted octanol–water partition coefficient (Wildman–Crippen LogP) is 3.58. The first kappa shape index (κ1) is 20.4. The molecule has 1 amide bonds. The molecule has 8 heteroatoms. The van der Waals surface area contributed by atoms with Crippen LogP contribution in [0.25, 0.3) is 0 Å². The molecular formula is C19H21ClN2O5. The van der Waals surface area contributed by atoms with E-state index in [0.29, 0.717) is 40.0 Å². The summed E-state index contributed by atoms with van der Waals surface area (Å²) < 4.78 is 15.1. The van der Waals surface area contributed by atoms with Gasteiger partial charge in [0.05, 0.1) is 43.3 Å². The van der Waals surface area contributed by atoms with Crippen LogP contribution in [0.15, 0.2) is 36.4 Å². The van der Waals surface area contributed by atoms with Gasteiger partial charge in [0.15, 0.2) is 0 Å². The summed E-state index contributed by atoms with van der Waals surface area (Å²) >= 11 is 6.12. The molecule has 0 heterocycles. The second kappa shape index (κ2) is 9.68. The normalized spacial score (nSPS) is 10.1. The summed E-state index contributed by atoms with van der Waals surface area (Å²) in [5.74, 6) is 0.466. The monoisotopic (exact) mass is 392 g/mol. The minimum absolute atomic E-state index is 0.180. The van der Waals surface area contributed by atoms with Gasteiger partial charge in [0.25, 0.3) is 0 Å². The SMILES string of the molecule is COC(=O)c1ccc(Cl)c(NCCC(=O)Nc2cc(OC)ccc2OC)c1. The van der Waals surface area contributed by atoms with E-state index in [1.54, 1.807) is 43.5 Å². The van der Waals surface area contributed by atoms with Crippen molar-refractivity contribution >= 4 is 34.9 Å². The highest BCUT2D eigenvalue weighted by atomic mass is 35.5. The molecule has 2 aromatic carbocycles. The first-order chi connectivity index (χ1) is 13.0. The Labute approximate surface area is 162 Å². The zero-order chi connectivity index (χ0) is 19.8. The first-order valence-electron chi connectivity index (χ1n) is 8.12. The number of methoxy groups -OCH3 is 3. The molecule has 0 aromatic heterocycles. The van der Waals surface area contributed by atoms with Crippen molar-refractivity contribution in [1.82, 2.24) is 0 Å². The molecule has 0 aliphatic carbocycles. The Hall–Kier alpha value is -2.93. The van der Waals surface area contributed by atoms with Crippen LogP contribution in [0, 0.1) is 0 Å². The lowest BCUT2D eigenvalue weighted by atomic mass is 10.2. The number of esters is 1. The molecule has 0 atom stereocenters. The largest absolute Gasteiger partial charge is 0.497 e. The number of carbonyl (C=O) groups is 2. The highest BCUT2D eigenvalue weighted by Crippen LogP contribution is 2.29. The number of hydrogen-bond donors (Lipinski definition) is 2. The highest BCUT2D eigenvalue weighted by Gasteiger charge is 2.11. The summed E-state index contributed by atoms with van der Waals surface area (Å²) in [4.78, 5) is 23.8. The Bertz CT molecular complexity index is 826. The van der Waals surface area contributed by atoms with Gasteiger partial charge in [-0.25, -0.2) is 4.79 Å². The van der Waals surface area contributed by atoms with Crippen molar-refractivity contribution < 1.29 is 23.8 Å². The summed E-state index contributed by atoms with van der Waals surface area (Å²) in [5, 5.41) is 6.27. The number of nitrogens with one attached hydrogen (secondary N) is 2. The van der Waals surface area contributed by atoms with Gasteiger partial charge < -0.3 is 24.8 Å². The lowest BCUT2D eigenvalue weighted by Crippen LogP contribution is -2.17. The maximum atomic E-state index is 12.2. The Morgan fingerprint density at radius 3 is 2.44 bits per heavy atom. The fourth-order valence-corrected chi connectivity index (χ4v) is 2.53. The lowest BCUT2D eigenvalue weighted by molar-refractivity contribution is -0.116. The molecule has 0 aliphatic rings. The van der Waals surface area contributed by atoms with Crippen molar-refractivity contribution in [1.29, 1.82) is 0 Å². The lowest BCUT2D eigenvalue weighted by Gasteiger charge is -2.13. The Balaban J connectivity index is 1.96. The van der Waals surface area contributed by atoms with E-state index in [4.69, 9.17) is 21.1 Å². The number of carbonyl (C=O) groups excluding carboxylic acids is 2. The molecule has 144 valence electrons. The van der Waals surface area contributed by atoms with Crippen LogP contribution < -0.4 is 20.1 Å². The zero-order valence-corrected chi connectivity index (χ0v) is 16.1. The minimum Gasteiger partial charge on any atom is -0.497 e. The van der Waals surface area contributed by atoms with Crippen LogP contribution in [0.3, 0.4) is 0 Å². The summed E-state index contributed by atoms with van der Waals surface area (Å²) in [5.41, 5.74) is 1.44. The van der Waals surface area contributed by atoms with Gasteiger partial charge in [0, 0.05) is 19.0 Å². The summed E-state index contributed by atoms with van der Waals surface area (Å²) in [6.45, 7) is 0.322. The number of hydrogen-bond acceptors (Lipinski definition) is 6. The van der Waals surface area contributed by atoms with Gasteiger partial charge in [-0.15, -0.1) is 0 Å². The average Bonchev–Trinajstić information content (AvgIpc) is 2.68. The number of benzene rings is 2. The van der Waals surface area contributed by atoms with Crippen molar-refractivity contribution in [2.24, 2.45) is 0 Å². The van der Waals surface area contributed by atoms with Crippen LogP contribution in [0.2, 0.25) is 5.02 Å². The predicted molar refractivity (Wildman–Crippen MR) is 104 cm³/mol. The van der Waals surface area contributed by atoms with Crippen LogP contribution >= 0.6 is 11.6 Å². The molecule has 27 heavy (non-hydrogen) atoms. The van der Waals surface area contributed by atoms with Crippen molar-refractivity contribution in [3.63, 3.8) is 0 Å². The van der Waals surface area contributed by atoms with Crippen LogP contribution in [0.4, 0.5) is 11.4 Å². The Kier molecular flexibility index (Phi) is 7.31. The molecule has 2 N–H and O–H groups in total. The zero-order valence-electron chi connectivity index (χ0n) is 15.3. The van der Waals surface area contributed by atoms with Gasteiger partial charge in [-0.05, 0) is 30.3 Å². The van der Waals surface area contributed by atoms with Crippen LogP contribution in [-0.2, 0) is 9.53 Å². The topological polar surface area (TPSA) is 85.9 Å². The molecule has 0 spiro atoms. The third-order valence-corrected chi connectivity index (χ3v) is 4.07. The summed E-state index contributed by atoms with van der Waals surface area (Å²) in [6, 6.07) is 9.88.